The number of carbonyl (C=O) groups is 1. The Morgan fingerprint density at radius 3 is 2.17 bits per heavy atom. The van der Waals surface area contributed by atoms with Gasteiger partial charge in [-0.3, -0.25) is 9.52 Å². The summed E-state index contributed by atoms with van der Waals surface area (Å²) in [6.45, 7) is 0. The third-order valence-corrected chi connectivity index (χ3v) is 5.63. The smallest absolute Gasteiger partial charge is 0.261 e. The van der Waals surface area contributed by atoms with Crippen LogP contribution >= 0.6 is 11.6 Å². The molecule has 0 saturated heterocycles. The zero-order chi connectivity index (χ0) is 21.0. The van der Waals surface area contributed by atoms with Crippen molar-refractivity contribution in [3.05, 3.63) is 83.1 Å². The Morgan fingerprint density at radius 1 is 0.966 bits per heavy atom. The molecule has 0 bridgehead atoms. The normalized spacial score (nSPS) is 11.0. The van der Waals surface area contributed by atoms with Crippen molar-refractivity contribution in [3.8, 4) is 5.75 Å². The Balaban J connectivity index is 1.70. The van der Waals surface area contributed by atoms with Gasteiger partial charge in [0.15, 0.2) is 0 Å². The van der Waals surface area contributed by atoms with E-state index in [1.807, 2.05) is 0 Å². The molecule has 0 radical (unpaired) electrons. The van der Waals surface area contributed by atoms with Gasteiger partial charge in [-0.25, -0.2) is 12.8 Å². The summed E-state index contributed by atoms with van der Waals surface area (Å²) in [7, 11) is -2.38. The number of methoxy groups -OCH3 is 1. The topological polar surface area (TPSA) is 84.5 Å². The number of carbonyl (C=O) groups excluding carboxylic acids is 1. The minimum absolute atomic E-state index is 0.0721. The molecule has 3 rings (SSSR count). The molecule has 29 heavy (non-hydrogen) atoms. The number of halogens is 2. The molecular weight excluding hydrogens is 419 g/mol. The van der Waals surface area contributed by atoms with Crippen LogP contribution in [-0.4, -0.2) is 21.4 Å². The van der Waals surface area contributed by atoms with E-state index in [0.29, 0.717) is 22.0 Å². The van der Waals surface area contributed by atoms with Crippen molar-refractivity contribution in [3.63, 3.8) is 0 Å². The summed E-state index contributed by atoms with van der Waals surface area (Å²) in [5, 5.41) is 3.05. The summed E-state index contributed by atoms with van der Waals surface area (Å²) in [6, 6.07) is 15.2. The standard InChI is InChI=1S/C20H16ClFN2O4S/c1-28-19-11-8-16(12-18(19)21)23-20(25)13-2-6-15(7-3-13)24-29(26,27)17-9-4-14(22)5-10-17/h2-12,24H,1H3,(H,23,25). The van der Waals surface area contributed by atoms with Crippen molar-refractivity contribution < 1.29 is 22.3 Å². The second-order valence-corrected chi connectivity index (χ2v) is 8.03. The van der Waals surface area contributed by atoms with Crippen molar-refractivity contribution in [1.82, 2.24) is 0 Å². The van der Waals surface area contributed by atoms with E-state index in [9.17, 15) is 17.6 Å². The number of ether oxygens (including phenoxy) is 1. The Bertz CT molecular complexity index is 1130. The molecular formula is C20H16ClFN2O4S. The number of sulfonamides is 1. The fraction of sp³-hybridized carbons (Fsp3) is 0.0500. The van der Waals surface area contributed by atoms with E-state index < -0.39 is 15.8 Å². The first-order valence-corrected chi connectivity index (χ1v) is 10.2. The Morgan fingerprint density at radius 2 is 1.59 bits per heavy atom. The lowest BCUT2D eigenvalue weighted by Crippen LogP contribution is -2.14. The van der Waals surface area contributed by atoms with E-state index >= 15 is 0 Å². The van der Waals surface area contributed by atoms with Crippen molar-refractivity contribution >= 4 is 38.9 Å². The molecule has 0 aliphatic carbocycles. The summed E-state index contributed by atoms with van der Waals surface area (Å²) >= 11 is 6.04. The summed E-state index contributed by atoms with van der Waals surface area (Å²) in [6.07, 6.45) is 0. The SMILES string of the molecule is COc1ccc(NC(=O)c2ccc(NS(=O)(=O)c3ccc(F)cc3)cc2)cc1Cl. The van der Waals surface area contributed by atoms with Gasteiger partial charge in [-0.1, -0.05) is 11.6 Å². The third kappa shape index (κ3) is 5.04. The monoisotopic (exact) mass is 434 g/mol. The maximum atomic E-state index is 13.0. The molecule has 0 saturated carbocycles. The molecule has 0 atom stereocenters. The molecule has 9 heteroatoms. The Hall–Kier alpha value is -3.10. The van der Waals surface area contributed by atoms with Gasteiger partial charge in [-0.15, -0.1) is 0 Å². The van der Waals surface area contributed by atoms with Gasteiger partial charge in [-0.2, -0.15) is 0 Å². The molecule has 0 aromatic heterocycles. The number of benzene rings is 3. The van der Waals surface area contributed by atoms with Gasteiger partial charge >= 0.3 is 0 Å². The number of anilines is 2. The van der Waals surface area contributed by atoms with Crippen LogP contribution in [0.1, 0.15) is 10.4 Å². The van der Waals surface area contributed by atoms with E-state index in [1.165, 1.54) is 43.5 Å². The van der Waals surface area contributed by atoms with Crippen LogP contribution in [0.5, 0.6) is 5.75 Å². The van der Waals surface area contributed by atoms with E-state index in [0.717, 1.165) is 12.1 Å². The number of hydrogen-bond donors (Lipinski definition) is 2. The van der Waals surface area contributed by atoms with Crippen molar-refractivity contribution in [1.29, 1.82) is 0 Å². The van der Waals surface area contributed by atoms with Gasteiger partial charge < -0.3 is 10.1 Å². The Kier molecular flexibility index (Phi) is 6.05. The molecule has 0 unspecified atom stereocenters. The predicted molar refractivity (Wildman–Crippen MR) is 110 cm³/mol. The maximum Gasteiger partial charge on any atom is 0.261 e. The summed E-state index contributed by atoms with van der Waals surface area (Å²) in [5.41, 5.74) is 1.07. The fourth-order valence-electron chi connectivity index (χ4n) is 2.46. The molecule has 2 N–H and O–H groups in total. The van der Waals surface area contributed by atoms with E-state index in [2.05, 4.69) is 10.0 Å². The molecule has 150 valence electrons. The fourth-order valence-corrected chi connectivity index (χ4v) is 3.78. The van der Waals surface area contributed by atoms with Gasteiger partial charge in [-0.05, 0) is 66.7 Å². The molecule has 3 aromatic rings. The Labute approximate surface area is 172 Å². The highest BCUT2D eigenvalue weighted by Gasteiger charge is 2.15. The lowest BCUT2D eigenvalue weighted by molar-refractivity contribution is 0.102. The van der Waals surface area contributed by atoms with Gasteiger partial charge in [0.25, 0.3) is 15.9 Å². The second-order valence-electron chi connectivity index (χ2n) is 5.94. The molecule has 1 amide bonds. The van der Waals surface area contributed by atoms with Gasteiger partial charge in [0.05, 0.1) is 17.0 Å². The van der Waals surface area contributed by atoms with Crippen molar-refractivity contribution in [2.75, 3.05) is 17.1 Å². The van der Waals surface area contributed by atoms with E-state index in [4.69, 9.17) is 16.3 Å². The molecule has 6 nitrogen and oxygen atoms in total. The highest BCUT2D eigenvalue weighted by atomic mass is 35.5. The van der Waals surface area contributed by atoms with E-state index in [1.54, 1.807) is 18.2 Å². The molecule has 0 heterocycles. The highest BCUT2D eigenvalue weighted by Crippen LogP contribution is 2.27. The van der Waals surface area contributed by atoms with Gasteiger partial charge in [0.1, 0.15) is 11.6 Å². The molecule has 3 aromatic carbocycles. The summed E-state index contributed by atoms with van der Waals surface area (Å²) in [4.78, 5) is 12.3. The minimum Gasteiger partial charge on any atom is -0.495 e. The van der Waals surface area contributed by atoms with Crippen molar-refractivity contribution in [2.45, 2.75) is 4.90 Å². The number of rotatable bonds is 6. The molecule has 0 fully saturated rings. The average Bonchev–Trinajstić information content (AvgIpc) is 2.68. The van der Waals surface area contributed by atoms with Crippen LogP contribution in [-0.2, 0) is 10.0 Å². The van der Waals surface area contributed by atoms with Crippen LogP contribution in [0.2, 0.25) is 5.02 Å². The summed E-state index contributed by atoms with van der Waals surface area (Å²) in [5.74, 6) is -0.431. The third-order valence-electron chi connectivity index (χ3n) is 3.93. The maximum absolute atomic E-state index is 13.0. The quantitative estimate of drug-likeness (QED) is 0.596. The van der Waals surface area contributed by atoms with Crippen LogP contribution in [0.25, 0.3) is 0 Å². The molecule has 0 aliphatic heterocycles. The second kappa shape index (κ2) is 8.50. The predicted octanol–water partition coefficient (Wildman–Crippen LogP) is 4.54. The van der Waals surface area contributed by atoms with E-state index in [-0.39, 0.29) is 16.5 Å². The van der Waals surface area contributed by atoms with Gasteiger partial charge in [0.2, 0.25) is 0 Å². The zero-order valence-corrected chi connectivity index (χ0v) is 16.7. The van der Waals surface area contributed by atoms with Crippen LogP contribution in [0.4, 0.5) is 15.8 Å². The number of hydrogen-bond acceptors (Lipinski definition) is 4. The number of nitrogens with one attached hydrogen (secondary N) is 2. The minimum atomic E-state index is -3.87. The molecule has 0 aliphatic rings. The lowest BCUT2D eigenvalue weighted by Gasteiger charge is -2.10. The summed E-state index contributed by atoms with van der Waals surface area (Å²) < 4.78 is 45.1. The zero-order valence-electron chi connectivity index (χ0n) is 15.1. The average molecular weight is 435 g/mol. The van der Waals surface area contributed by atoms with Crippen molar-refractivity contribution in [2.24, 2.45) is 0 Å². The van der Waals surface area contributed by atoms with Crippen LogP contribution in [0.3, 0.4) is 0 Å². The largest absolute Gasteiger partial charge is 0.495 e. The molecule has 0 spiro atoms. The van der Waals surface area contributed by atoms with Gasteiger partial charge in [0, 0.05) is 16.9 Å². The first-order valence-electron chi connectivity index (χ1n) is 8.32. The van der Waals surface area contributed by atoms with Crippen LogP contribution in [0, 0.1) is 5.82 Å². The lowest BCUT2D eigenvalue weighted by atomic mass is 10.2. The highest BCUT2D eigenvalue weighted by molar-refractivity contribution is 7.92. The number of amides is 1. The van der Waals surface area contributed by atoms with Crippen LogP contribution in [0.15, 0.2) is 71.6 Å². The first kappa shape index (κ1) is 20.6. The first-order chi connectivity index (χ1) is 13.8. The van der Waals surface area contributed by atoms with Crippen LogP contribution < -0.4 is 14.8 Å².